The molecule has 0 saturated carbocycles. The highest BCUT2D eigenvalue weighted by atomic mass is 32.1. The smallest absolute Gasteiger partial charge is 0.101 e. The summed E-state index contributed by atoms with van der Waals surface area (Å²) in [5.41, 5.74) is 3.28. The number of aryl methyl sites for hydroxylation is 2. The van der Waals surface area contributed by atoms with Crippen molar-refractivity contribution in [2.45, 2.75) is 20.3 Å². The lowest BCUT2D eigenvalue weighted by Gasteiger charge is -2.04. The fourth-order valence-corrected chi connectivity index (χ4v) is 2.77. The van der Waals surface area contributed by atoms with Crippen LogP contribution in [0.1, 0.15) is 23.6 Å². The van der Waals surface area contributed by atoms with Gasteiger partial charge in [-0.2, -0.15) is 5.26 Å². The molecular formula is C12H11NS. The summed E-state index contributed by atoms with van der Waals surface area (Å²) >= 11 is 1.66. The van der Waals surface area contributed by atoms with E-state index in [9.17, 15) is 0 Å². The minimum Gasteiger partial charge on any atom is -0.192 e. The lowest BCUT2D eigenvalue weighted by atomic mass is 10.0. The second-order valence-corrected chi connectivity index (χ2v) is 4.27. The fraction of sp³-hybridized carbons (Fsp3) is 0.250. The number of fused-ring (bicyclic) bond motifs is 1. The summed E-state index contributed by atoms with van der Waals surface area (Å²) in [6.07, 6.45) is 1.03. The third-order valence-electron chi connectivity index (χ3n) is 2.52. The van der Waals surface area contributed by atoms with Crippen molar-refractivity contribution in [1.29, 1.82) is 5.26 Å². The quantitative estimate of drug-likeness (QED) is 0.691. The highest BCUT2D eigenvalue weighted by Crippen LogP contribution is 2.30. The van der Waals surface area contributed by atoms with Crippen molar-refractivity contribution in [2.24, 2.45) is 0 Å². The maximum Gasteiger partial charge on any atom is 0.101 e. The summed E-state index contributed by atoms with van der Waals surface area (Å²) in [5, 5.41) is 12.4. The van der Waals surface area contributed by atoms with Crippen LogP contribution in [0, 0.1) is 18.3 Å². The van der Waals surface area contributed by atoms with Gasteiger partial charge in [-0.3, -0.25) is 0 Å². The Bertz CT molecular complexity index is 517. The third-order valence-corrected chi connectivity index (χ3v) is 3.45. The molecule has 0 aliphatic heterocycles. The van der Waals surface area contributed by atoms with Gasteiger partial charge < -0.3 is 0 Å². The number of rotatable bonds is 1. The van der Waals surface area contributed by atoms with Gasteiger partial charge in [-0.1, -0.05) is 13.0 Å². The molecule has 0 aliphatic rings. The molecule has 0 bridgehead atoms. The summed E-state index contributed by atoms with van der Waals surface area (Å²) in [6, 6.07) is 6.53. The van der Waals surface area contributed by atoms with Gasteiger partial charge in [0.25, 0.3) is 0 Å². The van der Waals surface area contributed by atoms with Gasteiger partial charge in [-0.15, -0.1) is 11.3 Å². The third kappa shape index (κ3) is 1.21. The first kappa shape index (κ1) is 9.23. The molecule has 0 amide bonds. The van der Waals surface area contributed by atoms with Crippen molar-refractivity contribution in [3.8, 4) is 6.07 Å². The molecule has 0 spiro atoms. The molecule has 2 heteroatoms. The molecule has 14 heavy (non-hydrogen) atoms. The van der Waals surface area contributed by atoms with E-state index < -0.39 is 0 Å². The van der Waals surface area contributed by atoms with Crippen LogP contribution >= 0.6 is 11.3 Å². The SMILES string of the molecule is CCc1cc(C)c(C#N)c2sccc12. The Balaban J connectivity index is 2.90. The van der Waals surface area contributed by atoms with Crippen LogP contribution in [0.3, 0.4) is 0 Å². The van der Waals surface area contributed by atoms with E-state index >= 15 is 0 Å². The molecular weight excluding hydrogens is 190 g/mol. The Kier molecular flexibility index (Phi) is 2.26. The topological polar surface area (TPSA) is 23.8 Å². The van der Waals surface area contributed by atoms with E-state index in [1.807, 2.05) is 6.92 Å². The van der Waals surface area contributed by atoms with Crippen LogP contribution in [0.4, 0.5) is 0 Å². The maximum absolute atomic E-state index is 9.06. The highest BCUT2D eigenvalue weighted by molar-refractivity contribution is 7.17. The monoisotopic (exact) mass is 201 g/mol. The molecule has 1 heterocycles. The second kappa shape index (κ2) is 3.43. The summed E-state index contributed by atoms with van der Waals surface area (Å²) < 4.78 is 1.14. The first-order valence-electron chi connectivity index (χ1n) is 4.67. The number of nitrogens with zero attached hydrogens (tertiary/aromatic N) is 1. The van der Waals surface area contributed by atoms with E-state index in [0.717, 1.165) is 22.2 Å². The number of benzene rings is 1. The summed E-state index contributed by atoms with van der Waals surface area (Å²) in [4.78, 5) is 0. The van der Waals surface area contributed by atoms with E-state index in [4.69, 9.17) is 5.26 Å². The van der Waals surface area contributed by atoms with Crippen molar-refractivity contribution < 1.29 is 0 Å². The summed E-state index contributed by atoms with van der Waals surface area (Å²) in [5.74, 6) is 0. The van der Waals surface area contributed by atoms with Crippen LogP contribution < -0.4 is 0 Å². The van der Waals surface area contributed by atoms with Gasteiger partial charge in [0.1, 0.15) is 6.07 Å². The Morgan fingerprint density at radius 1 is 1.50 bits per heavy atom. The van der Waals surface area contributed by atoms with Crippen molar-refractivity contribution in [2.75, 3.05) is 0 Å². The molecule has 1 nitrogen and oxygen atoms in total. The Hall–Kier alpha value is -1.33. The van der Waals surface area contributed by atoms with Crippen molar-refractivity contribution in [3.05, 3.63) is 34.2 Å². The van der Waals surface area contributed by atoms with Gasteiger partial charge in [0.15, 0.2) is 0 Å². The van der Waals surface area contributed by atoms with Gasteiger partial charge in [-0.05, 0) is 41.3 Å². The lowest BCUT2D eigenvalue weighted by Crippen LogP contribution is -1.88. The van der Waals surface area contributed by atoms with Gasteiger partial charge >= 0.3 is 0 Å². The zero-order chi connectivity index (χ0) is 10.1. The minimum absolute atomic E-state index is 0.840. The van der Waals surface area contributed by atoms with Gasteiger partial charge in [-0.25, -0.2) is 0 Å². The van der Waals surface area contributed by atoms with Crippen LogP contribution in [0.15, 0.2) is 17.5 Å². The minimum atomic E-state index is 0.840. The number of hydrogen-bond donors (Lipinski definition) is 0. The molecule has 1 aromatic carbocycles. The Morgan fingerprint density at radius 3 is 2.93 bits per heavy atom. The Labute approximate surface area is 87.6 Å². The largest absolute Gasteiger partial charge is 0.192 e. The van der Waals surface area contributed by atoms with Gasteiger partial charge in [0.2, 0.25) is 0 Å². The van der Waals surface area contributed by atoms with E-state index in [2.05, 4.69) is 30.5 Å². The molecule has 1 aromatic heterocycles. The summed E-state index contributed by atoms with van der Waals surface area (Å²) in [7, 11) is 0. The molecule has 0 aliphatic carbocycles. The molecule has 0 saturated heterocycles. The van der Waals surface area contributed by atoms with Gasteiger partial charge in [0, 0.05) is 0 Å². The number of hydrogen-bond acceptors (Lipinski definition) is 2. The standard InChI is InChI=1S/C12H11NS/c1-3-9-6-8(2)11(7-13)12-10(9)4-5-14-12/h4-6H,3H2,1-2H3. The number of nitriles is 1. The Morgan fingerprint density at radius 2 is 2.29 bits per heavy atom. The fourth-order valence-electron chi connectivity index (χ4n) is 1.78. The van der Waals surface area contributed by atoms with Gasteiger partial charge in [0.05, 0.1) is 10.3 Å². The van der Waals surface area contributed by atoms with E-state index in [1.165, 1.54) is 10.9 Å². The summed E-state index contributed by atoms with van der Waals surface area (Å²) in [6.45, 7) is 4.16. The maximum atomic E-state index is 9.06. The van der Waals surface area contributed by atoms with E-state index in [1.54, 1.807) is 11.3 Å². The van der Waals surface area contributed by atoms with Crippen LogP contribution in [0.2, 0.25) is 0 Å². The molecule has 70 valence electrons. The van der Waals surface area contributed by atoms with Crippen molar-refractivity contribution in [1.82, 2.24) is 0 Å². The molecule has 0 unspecified atom stereocenters. The zero-order valence-electron chi connectivity index (χ0n) is 8.29. The average Bonchev–Trinajstić information content (AvgIpc) is 2.65. The molecule has 0 fully saturated rings. The lowest BCUT2D eigenvalue weighted by molar-refractivity contribution is 1.15. The predicted molar refractivity (Wildman–Crippen MR) is 60.7 cm³/mol. The molecule has 0 radical (unpaired) electrons. The molecule has 0 atom stereocenters. The molecule has 2 rings (SSSR count). The van der Waals surface area contributed by atoms with Crippen LogP contribution in [0.5, 0.6) is 0 Å². The normalized spacial score (nSPS) is 10.4. The first-order chi connectivity index (χ1) is 6.77. The average molecular weight is 201 g/mol. The molecule has 2 aromatic rings. The van der Waals surface area contributed by atoms with Crippen molar-refractivity contribution in [3.63, 3.8) is 0 Å². The van der Waals surface area contributed by atoms with Crippen molar-refractivity contribution >= 4 is 21.4 Å². The first-order valence-corrected chi connectivity index (χ1v) is 5.55. The van der Waals surface area contributed by atoms with E-state index in [-0.39, 0.29) is 0 Å². The number of thiophene rings is 1. The zero-order valence-corrected chi connectivity index (χ0v) is 9.11. The predicted octanol–water partition coefficient (Wildman–Crippen LogP) is 3.64. The van der Waals surface area contributed by atoms with Crippen LogP contribution in [-0.4, -0.2) is 0 Å². The van der Waals surface area contributed by atoms with Crippen LogP contribution in [-0.2, 0) is 6.42 Å². The van der Waals surface area contributed by atoms with Crippen LogP contribution in [0.25, 0.3) is 10.1 Å². The van der Waals surface area contributed by atoms with E-state index in [0.29, 0.717) is 0 Å². The second-order valence-electron chi connectivity index (χ2n) is 3.36. The highest BCUT2D eigenvalue weighted by Gasteiger charge is 2.08. The molecule has 0 N–H and O–H groups in total.